The quantitative estimate of drug-likeness (QED) is 0.624. The average Bonchev–Trinajstić information content (AvgIpc) is 3.03. The fourth-order valence-electron chi connectivity index (χ4n) is 3.08. The van der Waals surface area contributed by atoms with Gasteiger partial charge in [0.15, 0.2) is 11.0 Å². The number of benzene rings is 1. The summed E-state index contributed by atoms with van der Waals surface area (Å²) >= 11 is 1.35. The van der Waals surface area contributed by atoms with Gasteiger partial charge in [0, 0.05) is 17.8 Å². The van der Waals surface area contributed by atoms with Crippen LogP contribution in [0.5, 0.6) is 0 Å². The lowest BCUT2D eigenvalue weighted by atomic mass is 10.2. The summed E-state index contributed by atoms with van der Waals surface area (Å²) in [5, 5.41) is 9.31. The number of thioether (sulfide) groups is 1. The molecule has 1 atom stereocenters. The topological polar surface area (TPSA) is 54.3 Å². The Hall–Kier alpha value is -1.93. The molecule has 0 fully saturated rings. The fourth-order valence-corrected chi connectivity index (χ4v) is 3.91. The van der Waals surface area contributed by atoms with Crippen LogP contribution in [0.25, 0.3) is 5.69 Å². The van der Waals surface area contributed by atoms with Crippen molar-refractivity contribution < 1.29 is 9.18 Å². The van der Waals surface area contributed by atoms with Crippen LogP contribution in [-0.4, -0.2) is 62.4 Å². The lowest BCUT2D eigenvalue weighted by molar-refractivity contribution is -0.131. The molecule has 28 heavy (non-hydrogen) atoms. The van der Waals surface area contributed by atoms with Crippen LogP contribution >= 0.6 is 11.8 Å². The van der Waals surface area contributed by atoms with E-state index in [2.05, 4.69) is 10.2 Å². The molecule has 0 saturated carbocycles. The Morgan fingerprint density at radius 1 is 1.07 bits per heavy atom. The van der Waals surface area contributed by atoms with Gasteiger partial charge in [-0.2, -0.15) is 0 Å². The van der Waals surface area contributed by atoms with E-state index < -0.39 is 0 Å². The summed E-state index contributed by atoms with van der Waals surface area (Å²) < 4.78 is 15.3. The van der Waals surface area contributed by atoms with E-state index in [0.717, 1.165) is 11.5 Å². The van der Waals surface area contributed by atoms with E-state index in [0.29, 0.717) is 5.16 Å². The summed E-state index contributed by atoms with van der Waals surface area (Å²) in [6, 6.07) is 6.50. The van der Waals surface area contributed by atoms with Crippen molar-refractivity contribution in [1.29, 1.82) is 0 Å². The molecular formula is C20H30FN5OS. The number of aromatic nitrogens is 3. The highest BCUT2D eigenvalue weighted by molar-refractivity contribution is 7.99. The standard InChI is InChI=1S/C20H30FN5OS/c1-13(2)25(14(3)4)18(27)12-28-20-23-22-19(15(5)24(6)7)26(20)17-10-8-16(21)9-11-17/h8-11,13-15H,12H2,1-7H3/t15-/m1/s1. The van der Waals surface area contributed by atoms with E-state index in [9.17, 15) is 9.18 Å². The van der Waals surface area contributed by atoms with Gasteiger partial charge in [-0.1, -0.05) is 11.8 Å². The van der Waals surface area contributed by atoms with Crippen LogP contribution in [0.1, 0.15) is 46.5 Å². The van der Waals surface area contributed by atoms with Crippen LogP contribution in [0, 0.1) is 5.82 Å². The highest BCUT2D eigenvalue weighted by atomic mass is 32.2. The fraction of sp³-hybridized carbons (Fsp3) is 0.550. The van der Waals surface area contributed by atoms with E-state index >= 15 is 0 Å². The van der Waals surface area contributed by atoms with Gasteiger partial charge < -0.3 is 4.90 Å². The van der Waals surface area contributed by atoms with Crippen molar-refractivity contribution in [2.75, 3.05) is 19.8 Å². The van der Waals surface area contributed by atoms with Crippen LogP contribution in [-0.2, 0) is 4.79 Å². The number of carbonyl (C=O) groups is 1. The first-order valence-corrected chi connectivity index (χ1v) is 10.4. The molecule has 1 heterocycles. The molecule has 1 amide bonds. The molecule has 0 N–H and O–H groups in total. The van der Waals surface area contributed by atoms with E-state index in [-0.39, 0.29) is 35.6 Å². The zero-order valence-corrected chi connectivity index (χ0v) is 18.5. The highest BCUT2D eigenvalue weighted by Crippen LogP contribution is 2.27. The van der Waals surface area contributed by atoms with Gasteiger partial charge in [0.25, 0.3) is 0 Å². The summed E-state index contributed by atoms with van der Waals surface area (Å²) in [5.74, 6) is 0.779. The largest absolute Gasteiger partial charge is 0.337 e. The maximum atomic E-state index is 13.4. The van der Waals surface area contributed by atoms with Gasteiger partial charge in [-0.25, -0.2) is 4.39 Å². The van der Waals surface area contributed by atoms with E-state index in [1.54, 1.807) is 12.1 Å². The molecule has 0 aliphatic rings. The smallest absolute Gasteiger partial charge is 0.233 e. The van der Waals surface area contributed by atoms with Crippen LogP contribution in [0.3, 0.4) is 0 Å². The van der Waals surface area contributed by atoms with Crippen molar-refractivity contribution in [2.45, 2.75) is 57.9 Å². The molecule has 0 aliphatic carbocycles. The normalized spacial score (nSPS) is 12.8. The van der Waals surface area contributed by atoms with E-state index in [4.69, 9.17) is 0 Å². The van der Waals surface area contributed by atoms with Crippen LogP contribution in [0.2, 0.25) is 0 Å². The molecule has 0 saturated heterocycles. The Morgan fingerprint density at radius 2 is 1.64 bits per heavy atom. The summed E-state index contributed by atoms with van der Waals surface area (Å²) in [7, 11) is 3.93. The number of hydrogen-bond acceptors (Lipinski definition) is 5. The first-order valence-electron chi connectivity index (χ1n) is 9.45. The molecule has 0 radical (unpaired) electrons. The van der Waals surface area contributed by atoms with Crippen molar-refractivity contribution in [3.8, 4) is 5.69 Å². The molecule has 154 valence electrons. The van der Waals surface area contributed by atoms with Crippen molar-refractivity contribution in [2.24, 2.45) is 0 Å². The molecule has 6 nitrogen and oxygen atoms in total. The maximum absolute atomic E-state index is 13.4. The van der Waals surface area contributed by atoms with Crippen LogP contribution < -0.4 is 0 Å². The lowest BCUT2D eigenvalue weighted by Gasteiger charge is -2.30. The van der Waals surface area contributed by atoms with E-state index in [1.807, 2.05) is 63.1 Å². The minimum atomic E-state index is -0.298. The summed E-state index contributed by atoms with van der Waals surface area (Å²) in [6.07, 6.45) is 0. The van der Waals surface area contributed by atoms with Crippen LogP contribution in [0.4, 0.5) is 4.39 Å². The highest BCUT2D eigenvalue weighted by Gasteiger charge is 2.24. The average molecular weight is 408 g/mol. The molecule has 2 rings (SSSR count). The first kappa shape index (κ1) is 22.4. The molecule has 2 aromatic rings. The van der Waals surface area contributed by atoms with Gasteiger partial charge in [-0.05, 0) is 73.0 Å². The van der Waals surface area contributed by atoms with Gasteiger partial charge in [0.2, 0.25) is 5.91 Å². The van der Waals surface area contributed by atoms with Gasteiger partial charge >= 0.3 is 0 Å². The first-order chi connectivity index (χ1) is 13.1. The monoisotopic (exact) mass is 407 g/mol. The molecule has 0 bridgehead atoms. The Bertz CT molecular complexity index is 780. The third-order valence-electron chi connectivity index (χ3n) is 4.62. The van der Waals surface area contributed by atoms with Crippen molar-refractivity contribution in [1.82, 2.24) is 24.6 Å². The second kappa shape index (κ2) is 9.52. The minimum Gasteiger partial charge on any atom is -0.337 e. The molecule has 0 unspecified atom stereocenters. The number of halogens is 1. The second-order valence-electron chi connectivity index (χ2n) is 7.57. The number of carbonyl (C=O) groups excluding carboxylic acids is 1. The number of hydrogen-bond donors (Lipinski definition) is 0. The Labute approximate surface area is 171 Å². The van der Waals surface area contributed by atoms with Crippen molar-refractivity contribution >= 4 is 17.7 Å². The SMILES string of the molecule is CC(C)N(C(=O)CSc1nnc([C@@H](C)N(C)C)n1-c1ccc(F)cc1)C(C)C. The third kappa shape index (κ3) is 5.11. The maximum Gasteiger partial charge on any atom is 0.233 e. The molecule has 0 aliphatic heterocycles. The minimum absolute atomic E-state index is 0.00503. The van der Waals surface area contributed by atoms with Gasteiger partial charge in [-0.3, -0.25) is 14.3 Å². The molecule has 8 heteroatoms. The number of rotatable bonds is 8. The van der Waals surface area contributed by atoms with Gasteiger partial charge in [-0.15, -0.1) is 10.2 Å². The zero-order chi connectivity index (χ0) is 21.0. The van der Waals surface area contributed by atoms with Crippen molar-refractivity contribution in [3.05, 3.63) is 35.9 Å². The van der Waals surface area contributed by atoms with Gasteiger partial charge in [0.05, 0.1) is 11.8 Å². The Kier molecular flexibility index (Phi) is 7.60. The summed E-state index contributed by atoms with van der Waals surface area (Å²) in [4.78, 5) is 16.6. The van der Waals surface area contributed by atoms with Crippen LogP contribution in [0.15, 0.2) is 29.4 Å². The number of amides is 1. The summed E-state index contributed by atoms with van der Waals surface area (Å²) in [5.41, 5.74) is 0.773. The third-order valence-corrected chi connectivity index (χ3v) is 5.53. The summed E-state index contributed by atoms with van der Waals surface area (Å²) in [6.45, 7) is 10.1. The molecular weight excluding hydrogens is 377 g/mol. The molecule has 1 aromatic heterocycles. The molecule has 1 aromatic carbocycles. The van der Waals surface area contributed by atoms with E-state index in [1.165, 1.54) is 23.9 Å². The number of nitrogens with zero attached hydrogens (tertiary/aromatic N) is 5. The van der Waals surface area contributed by atoms with Gasteiger partial charge in [0.1, 0.15) is 5.82 Å². The predicted molar refractivity (Wildman–Crippen MR) is 111 cm³/mol. The Balaban J connectivity index is 2.34. The molecule has 0 spiro atoms. The zero-order valence-electron chi connectivity index (χ0n) is 17.7. The lowest BCUT2D eigenvalue weighted by Crippen LogP contribution is -2.43. The second-order valence-corrected chi connectivity index (χ2v) is 8.51. The predicted octanol–water partition coefficient (Wildman–Crippen LogP) is 3.77. The Morgan fingerprint density at radius 3 is 2.14 bits per heavy atom. The van der Waals surface area contributed by atoms with Crippen molar-refractivity contribution in [3.63, 3.8) is 0 Å².